The van der Waals surface area contributed by atoms with E-state index in [4.69, 9.17) is 4.42 Å². The van der Waals surface area contributed by atoms with Gasteiger partial charge in [-0.3, -0.25) is 4.79 Å². The van der Waals surface area contributed by atoms with Crippen molar-refractivity contribution >= 4 is 40.0 Å². The molecule has 1 aliphatic carbocycles. The number of rotatable bonds is 8. The Balaban J connectivity index is 1.49. The van der Waals surface area contributed by atoms with E-state index in [0.717, 1.165) is 32.4 Å². The largest absolute Gasteiger partial charge is 0.451 e. The average molecular weight is 403 g/mol. The van der Waals surface area contributed by atoms with Gasteiger partial charge in [0.15, 0.2) is 10.1 Å². The Morgan fingerprint density at radius 2 is 2.19 bits per heavy atom. The number of nitrogens with zero attached hydrogens (tertiary/aromatic N) is 3. The maximum absolute atomic E-state index is 12.8. The van der Waals surface area contributed by atoms with Crippen LogP contribution < -0.4 is 5.32 Å². The van der Waals surface area contributed by atoms with Crippen LogP contribution in [0.1, 0.15) is 34.0 Å². The Labute approximate surface area is 166 Å². The molecule has 0 saturated heterocycles. The molecule has 0 unspecified atom stereocenters. The van der Waals surface area contributed by atoms with E-state index in [1.807, 2.05) is 31.2 Å². The van der Waals surface area contributed by atoms with Gasteiger partial charge in [-0.05, 0) is 32.9 Å². The van der Waals surface area contributed by atoms with Crippen LogP contribution in [-0.2, 0) is 5.75 Å². The summed E-state index contributed by atoms with van der Waals surface area (Å²) in [4.78, 5) is 15.1. The number of furan rings is 1. The van der Waals surface area contributed by atoms with E-state index in [9.17, 15) is 4.79 Å². The molecule has 27 heavy (non-hydrogen) atoms. The molecule has 1 aliphatic rings. The monoisotopic (exact) mass is 402 g/mol. The zero-order chi connectivity index (χ0) is 18.8. The molecule has 1 amide bonds. The number of benzene rings is 1. The van der Waals surface area contributed by atoms with Gasteiger partial charge in [0.1, 0.15) is 10.6 Å². The van der Waals surface area contributed by atoms with Gasteiger partial charge in [0.2, 0.25) is 0 Å². The smallest absolute Gasteiger partial charge is 0.287 e. The first kappa shape index (κ1) is 18.5. The lowest BCUT2D eigenvalue weighted by atomic mass is 10.1. The topological polar surface area (TPSA) is 71.3 Å². The van der Waals surface area contributed by atoms with Crippen molar-refractivity contribution < 1.29 is 9.21 Å². The highest BCUT2D eigenvalue weighted by atomic mass is 32.2. The number of aromatic nitrogens is 2. The molecule has 1 aromatic carbocycles. The van der Waals surface area contributed by atoms with Crippen molar-refractivity contribution in [2.24, 2.45) is 0 Å². The fraction of sp³-hybridized carbons (Fsp3) is 0.421. The Morgan fingerprint density at radius 3 is 2.93 bits per heavy atom. The molecule has 142 valence electrons. The maximum atomic E-state index is 12.8. The van der Waals surface area contributed by atoms with Gasteiger partial charge in [-0.15, -0.1) is 10.2 Å². The Bertz CT molecular complexity index is 948. The van der Waals surface area contributed by atoms with E-state index in [0.29, 0.717) is 24.1 Å². The van der Waals surface area contributed by atoms with Gasteiger partial charge in [0.05, 0.1) is 0 Å². The van der Waals surface area contributed by atoms with Crippen LogP contribution in [0, 0.1) is 6.92 Å². The number of hydrogen-bond acceptors (Lipinski definition) is 7. The molecule has 1 fully saturated rings. The molecule has 6 nitrogen and oxygen atoms in total. The number of para-hydroxylation sites is 1. The fourth-order valence-electron chi connectivity index (χ4n) is 3.02. The second kappa shape index (κ2) is 8.00. The fourth-order valence-corrected chi connectivity index (χ4v) is 4.86. The van der Waals surface area contributed by atoms with Crippen molar-refractivity contribution in [2.45, 2.75) is 35.9 Å². The number of hydrogen-bond donors (Lipinski definition) is 1. The summed E-state index contributed by atoms with van der Waals surface area (Å²) in [5.41, 5.74) is 1.65. The summed E-state index contributed by atoms with van der Waals surface area (Å²) in [6, 6.07) is 8.47. The molecule has 1 N–H and O–H groups in total. The first-order valence-electron chi connectivity index (χ1n) is 9.03. The van der Waals surface area contributed by atoms with Gasteiger partial charge in [-0.25, -0.2) is 0 Å². The first-order valence-corrected chi connectivity index (χ1v) is 10.8. The Morgan fingerprint density at radius 1 is 1.37 bits per heavy atom. The van der Waals surface area contributed by atoms with Crippen molar-refractivity contribution in [3.05, 3.63) is 40.6 Å². The van der Waals surface area contributed by atoms with Crippen LogP contribution in [0.5, 0.6) is 0 Å². The predicted molar refractivity (Wildman–Crippen MR) is 108 cm³/mol. The van der Waals surface area contributed by atoms with E-state index >= 15 is 0 Å². The van der Waals surface area contributed by atoms with Crippen molar-refractivity contribution in [3.63, 3.8) is 0 Å². The Hall–Kier alpha value is -1.90. The van der Waals surface area contributed by atoms with Crippen LogP contribution in [0.15, 0.2) is 33.0 Å². The van der Waals surface area contributed by atoms with Crippen molar-refractivity contribution in [1.82, 2.24) is 20.4 Å². The zero-order valence-corrected chi connectivity index (χ0v) is 17.0. The molecule has 2 aromatic heterocycles. The second-order valence-electron chi connectivity index (χ2n) is 6.75. The highest BCUT2D eigenvalue weighted by Crippen LogP contribution is 2.33. The minimum Gasteiger partial charge on any atom is -0.451 e. The summed E-state index contributed by atoms with van der Waals surface area (Å²) >= 11 is 3.14. The standard InChI is InChI=1S/C19H22N4O2S2/c1-12-21-22-19(27-12)26-11-15-14-5-3-4-6-16(14)25-17(15)18(24)20-9-10-23(2)13-7-8-13/h3-6,13H,7-11H2,1-2H3,(H,20,24). The van der Waals surface area contributed by atoms with Crippen LogP contribution in [-0.4, -0.2) is 47.2 Å². The number of amides is 1. The lowest BCUT2D eigenvalue weighted by molar-refractivity contribution is 0.0923. The summed E-state index contributed by atoms with van der Waals surface area (Å²) in [5, 5.41) is 13.1. The summed E-state index contributed by atoms with van der Waals surface area (Å²) in [6.45, 7) is 3.41. The van der Waals surface area contributed by atoms with E-state index < -0.39 is 0 Å². The lowest BCUT2D eigenvalue weighted by Gasteiger charge is -2.15. The average Bonchev–Trinajstić information content (AvgIpc) is 3.34. The minimum absolute atomic E-state index is 0.153. The van der Waals surface area contributed by atoms with Gasteiger partial charge in [-0.2, -0.15) is 0 Å². The zero-order valence-electron chi connectivity index (χ0n) is 15.4. The van der Waals surface area contributed by atoms with Crippen LogP contribution in [0.4, 0.5) is 0 Å². The number of aryl methyl sites for hydroxylation is 1. The normalized spacial score (nSPS) is 14.2. The lowest BCUT2D eigenvalue weighted by Crippen LogP contribution is -2.34. The number of carbonyl (C=O) groups excluding carboxylic acids is 1. The third-order valence-electron chi connectivity index (χ3n) is 4.67. The molecule has 0 radical (unpaired) electrons. The SMILES string of the molecule is Cc1nnc(SCc2c(C(=O)NCCN(C)C3CC3)oc3ccccc23)s1. The van der Waals surface area contributed by atoms with Crippen molar-refractivity contribution in [2.75, 3.05) is 20.1 Å². The first-order chi connectivity index (χ1) is 13.1. The molecule has 0 spiro atoms. The number of nitrogens with one attached hydrogen (secondary N) is 1. The highest BCUT2D eigenvalue weighted by Gasteiger charge is 2.26. The third kappa shape index (κ3) is 4.34. The van der Waals surface area contributed by atoms with E-state index in [2.05, 4.69) is 27.5 Å². The Kier molecular flexibility index (Phi) is 5.47. The summed E-state index contributed by atoms with van der Waals surface area (Å²) < 4.78 is 6.80. The second-order valence-corrected chi connectivity index (χ2v) is 9.15. The van der Waals surface area contributed by atoms with Gasteiger partial charge in [-0.1, -0.05) is 41.3 Å². The van der Waals surface area contributed by atoms with Gasteiger partial charge in [0.25, 0.3) is 5.91 Å². The molecule has 0 bridgehead atoms. The van der Waals surface area contributed by atoms with Crippen LogP contribution in [0.3, 0.4) is 0 Å². The highest BCUT2D eigenvalue weighted by molar-refractivity contribution is 8.00. The third-order valence-corrected chi connectivity index (χ3v) is 6.67. The molecule has 0 atom stereocenters. The number of thioether (sulfide) groups is 1. The molecule has 0 aliphatic heterocycles. The summed E-state index contributed by atoms with van der Waals surface area (Å²) in [7, 11) is 2.11. The number of fused-ring (bicyclic) bond motifs is 1. The number of likely N-dealkylation sites (N-methyl/N-ethyl adjacent to an activating group) is 1. The van der Waals surface area contributed by atoms with Crippen LogP contribution >= 0.6 is 23.1 Å². The molecular weight excluding hydrogens is 380 g/mol. The van der Waals surface area contributed by atoms with Crippen molar-refractivity contribution in [1.29, 1.82) is 0 Å². The van der Waals surface area contributed by atoms with Gasteiger partial charge < -0.3 is 14.6 Å². The molecule has 8 heteroatoms. The van der Waals surface area contributed by atoms with E-state index in [-0.39, 0.29) is 5.91 Å². The quantitative estimate of drug-likeness (QED) is 0.579. The van der Waals surface area contributed by atoms with Gasteiger partial charge >= 0.3 is 0 Å². The maximum Gasteiger partial charge on any atom is 0.287 e. The van der Waals surface area contributed by atoms with Crippen LogP contribution in [0.25, 0.3) is 11.0 Å². The van der Waals surface area contributed by atoms with Crippen molar-refractivity contribution in [3.8, 4) is 0 Å². The predicted octanol–water partition coefficient (Wildman–Crippen LogP) is 3.71. The molecule has 1 saturated carbocycles. The molecular formula is C19H22N4O2S2. The van der Waals surface area contributed by atoms with E-state index in [1.165, 1.54) is 12.8 Å². The van der Waals surface area contributed by atoms with Gasteiger partial charge in [0, 0.05) is 35.8 Å². The summed E-state index contributed by atoms with van der Waals surface area (Å²) in [5.74, 6) is 0.870. The molecule has 3 aromatic rings. The molecule has 4 rings (SSSR count). The number of carbonyl (C=O) groups is 1. The minimum atomic E-state index is -0.153. The van der Waals surface area contributed by atoms with E-state index in [1.54, 1.807) is 23.1 Å². The summed E-state index contributed by atoms with van der Waals surface area (Å²) in [6.07, 6.45) is 2.53. The molecule has 2 heterocycles. The van der Waals surface area contributed by atoms with Crippen LogP contribution in [0.2, 0.25) is 0 Å².